The highest BCUT2D eigenvalue weighted by Gasteiger charge is 2.28. The molecule has 0 bridgehead atoms. The number of hydrogen-bond donors (Lipinski definition) is 2. The Morgan fingerprint density at radius 3 is 2.44 bits per heavy atom. The number of imide groups is 1. The van der Waals surface area contributed by atoms with Crippen LogP contribution in [0.15, 0.2) is 42.5 Å². The van der Waals surface area contributed by atoms with E-state index in [9.17, 15) is 28.9 Å². The Bertz CT molecular complexity index is 1110. The van der Waals surface area contributed by atoms with Gasteiger partial charge >= 0.3 is 6.09 Å². The van der Waals surface area contributed by atoms with E-state index >= 15 is 0 Å². The summed E-state index contributed by atoms with van der Waals surface area (Å²) in [5.41, 5.74) is 0.901. The molecule has 2 saturated heterocycles. The minimum absolute atomic E-state index is 0.0759. The monoisotopic (exact) mass is 470 g/mol. The van der Waals surface area contributed by atoms with Gasteiger partial charge in [-0.2, -0.15) is 0 Å². The molecule has 2 aromatic rings. The van der Waals surface area contributed by atoms with E-state index < -0.39 is 28.8 Å². The van der Waals surface area contributed by atoms with E-state index in [1.54, 1.807) is 12.1 Å². The van der Waals surface area contributed by atoms with Crippen LogP contribution in [0.5, 0.6) is 5.75 Å². The molecule has 0 aromatic heterocycles. The van der Waals surface area contributed by atoms with E-state index in [0.29, 0.717) is 43.6 Å². The van der Waals surface area contributed by atoms with Gasteiger partial charge in [-0.15, -0.1) is 0 Å². The van der Waals surface area contributed by atoms with Crippen LogP contribution >= 0.6 is 0 Å². The second-order valence-corrected chi connectivity index (χ2v) is 8.26. The third-order valence-corrected chi connectivity index (χ3v) is 6.03. The lowest BCUT2D eigenvalue weighted by Gasteiger charge is -2.31. The minimum Gasteiger partial charge on any atom is -0.410 e. The highest BCUT2D eigenvalue weighted by molar-refractivity contribution is 6.01. The first-order valence-electron chi connectivity index (χ1n) is 10.9. The Kier molecular flexibility index (Phi) is 6.71. The van der Waals surface area contributed by atoms with Crippen molar-refractivity contribution in [2.24, 2.45) is 0 Å². The van der Waals surface area contributed by atoms with Crippen LogP contribution in [0.1, 0.15) is 37.2 Å². The van der Waals surface area contributed by atoms with Crippen LogP contribution in [0.2, 0.25) is 0 Å². The van der Waals surface area contributed by atoms with Crippen molar-refractivity contribution >= 4 is 29.3 Å². The molecule has 11 heteroatoms. The SMILES string of the molecule is O=C1CCC(Nc2ccc(C3CCN(C(=O)Oc4ccc([N+](=O)[O-])cc4)CC3)c(F)c2)C(=O)N1. The van der Waals surface area contributed by atoms with E-state index in [2.05, 4.69) is 10.6 Å². The molecule has 0 spiro atoms. The third-order valence-electron chi connectivity index (χ3n) is 6.03. The predicted molar refractivity (Wildman–Crippen MR) is 119 cm³/mol. The summed E-state index contributed by atoms with van der Waals surface area (Å²) in [4.78, 5) is 47.3. The Morgan fingerprint density at radius 2 is 1.82 bits per heavy atom. The Hall–Kier alpha value is -4.02. The number of hydrogen-bond acceptors (Lipinski definition) is 7. The molecule has 34 heavy (non-hydrogen) atoms. The number of carbonyl (C=O) groups excluding carboxylic acids is 3. The standard InChI is InChI=1S/C23H23FN4O6/c24-19-13-15(25-20-7-8-21(29)26-22(20)30)1-6-18(19)14-9-11-27(12-10-14)23(31)34-17-4-2-16(3-5-17)28(32)33/h1-6,13-14,20,25H,7-12H2,(H,26,29,30). The maximum atomic E-state index is 14.8. The molecule has 0 aliphatic carbocycles. The van der Waals surface area contributed by atoms with Crippen molar-refractivity contribution in [3.8, 4) is 5.75 Å². The number of ether oxygens (including phenoxy) is 1. The number of likely N-dealkylation sites (tertiary alicyclic amines) is 1. The number of nitrogens with one attached hydrogen (secondary N) is 2. The van der Waals surface area contributed by atoms with Crippen molar-refractivity contribution in [3.63, 3.8) is 0 Å². The molecule has 1 atom stereocenters. The Balaban J connectivity index is 1.31. The van der Waals surface area contributed by atoms with Crippen LogP contribution in [0.25, 0.3) is 0 Å². The maximum Gasteiger partial charge on any atom is 0.415 e. The van der Waals surface area contributed by atoms with Gasteiger partial charge in [-0.25, -0.2) is 9.18 Å². The van der Waals surface area contributed by atoms with Crippen molar-refractivity contribution in [1.29, 1.82) is 0 Å². The normalized spacial score (nSPS) is 18.9. The number of nitro benzene ring substituents is 1. The molecule has 2 fully saturated rings. The summed E-state index contributed by atoms with van der Waals surface area (Å²) in [6.45, 7) is 0.762. The Morgan fingerprint density at radius 1 is 1.12 bits per heavy atom. The molecular formula is C23H23FN4O6. The predicted octanol–water partition coefficient (Wildman–Crippen LogP) is 3.33. The van der Waals surface area contributed by atoms with Crippen LogP contribution in [0.4, 0.5) is 20.6 Å². The topological polar surface area (TPSA) is 131 Å². The zero-order valence-electron chi connectivity index (χ0n) is 18.2. The number of carbonyl (C=O) groups is 3. The largest absolute Gasteiger partial charge is 0.415 e. The number of halogens is 1. The van der Waals surface area contributed by atoms with E-state index in [1.807, 2.05) is 0 Å². The third kappa shape index (κ3) is 5.30. The van der Waals surface area contributed by atoms with Crippen molar-refractivity contribution in [3.05, 3.63) is 64.0 Å². The summed E-state index contributed by atoms with van der Waals surface area (Å²) in [6.07, 6.45) is 1.12. The van der Waals surface area contributed by atoms with Crippen molar-refractivity contribution in [2.75, 3.05) is 18.4 Å². The Labute approximate surface area is 194 Å². The fourth-order valence-electron chi connectivity index (χ4n) is 4.15. The lowest BCUT2D eigenvalue weighted by atomic mass is 9.89. The lowest BCUT2D eigenvalue weighted by Crippen LogP contribution is -2.47. The molecule has 2 aliphatic heterocycles. The number of non-ortho nitro benzene ring substituents is 1. The van der Waals surface area contributed by atoms with Gasteiger partial charge in [-0.1, -0.05) is 6.07 Å². The molecule has 10 nitrogen and oxygen atoms in total. The first-order chi connectivity index (χ1) is 16.3. The van der Waals surface area contributed by atoms with Crippen molar-refractivity contribution in [1.82, 2.24) is 10.2 Å². The van der Waals surface area contributed by atoms with Gasteiger partial charge < -0.3 is 15.0 Å². The van der Waals surface area contributed by atoms with Crippen LogP contribution in [0, 0.1) is 15.9 Å². The van der Waals surface area contributed by atoms with E-state index in [0.717, 1.165) is 0 Å². The van der Waals surface area contributed by atoms with Gasteiger partial charge in [0.2, 0.25) is 11.8 Å². The number of benzene rings is 2. The summed E-state index contributed by atoms with van der Waals surface area (Å²) in [5, 5.41) is 15.9. The van der Waals surface area contributed by atoms with E-state index in [1.165, 1.54) is 35.2 Å². The van der Waals surface area contributed by atoms with E-state index in [-0.39, 0.29) is 29.7 Å². The van der Waals surface area contributed by atoms with Gasteiger partial charge in [0.05, 0.1) is 4.92 Å². The molecule has 178 valence electrons. The van der Waals surface area contributed by atoms with Gasteiger partial charge in [0.25, 0.3) is 5.69 Å². The van der Waals surface area contributed by atoms with Crippen molar-refractivity contribution < 1.29 is 28.4 Å². The minimum atomic E-state index is -0.590. The van der Waals surface area contributed by atoms with Gasteiger partial charge in [0, 0.05) is 37.3 Å². The van der Waals surface area contributed by atoms with Crippen LogP contribution in [-0.4, -0.2) is 46.9 Å². The smallest absolute Gasteiger partial charge is 0.410 e. The summed E-state index contributed by atoms with van der Waals surface area (Å²) in [7, 11) is 0. The van der Waals surface area contributed by atoms with Crippen LogP contribution in [0.3, 0.4) is 0 Å². The molecule has 4 rings (SSSR count). The zero-order chi connectivity index (χ0) is 24.2. The number of rotatable bonds is 5. The van der Waals surface area contributed by atoms with Gasteiger partial charge in [0.15, 0.2) is 0 Å². The number of anilines is 1. The van der Waals surface area contributed by atoms with Crippen LogP contribution < -0.4 is 15.4 Å². The molecule has 2 aromatic carbocycles. The number of nitrogens with zero attached hydrogens (tertiary/aromatic N) is 2. The van der Waals surface area contributed by atoms with Gasteiger partial charge in [0.1, 0.15) is 17.6 Å². The van der Waals surface area contributed by atoms with Crippen LogP contribution in [-0.2, 0) is 9.59 Å². The molecule has 0 saturated carbocycles. The lowest BCUT2D eigenvalue weighted by molar-refractivity contribution is -0.384. The molecule has 1 unspecified atom stereocenters. The average Bonchev–Trinajstić information content (AvgIpc) is 2.81. The average molecular weight is 470 g/mol. The summed E-state index contributed by atoms with van der Waals surface area (Å²) < 4.78 is 20.1. The van der Waals surface area contributed by atoms with Gasteiger partial charge in [-0.3, -0.25) is 25.0 Å². The number of piperidine rings is 2. The molecule has 2 N–H and O–H groups in total. The fraction of sp³-hybridized carbons (Fsp3) is 0.348. The van der Waals surface area contributed by atoms with E-state index in [4.69, 9.17) is 4.74 Å². The molecule has 2 aliphatic rings. The molecular weight excluding hydrogens is 447 g/mol. The summed E-state index contributed by atoms with van der Waals surface area (Å²) in [5.74, 6) is -0.999. The first kappa shape index (κ1) is 23.1. The quantitative estimate of drug-likeness (QED) is 0.389. The number of amides is 3. The fourth-order valence-corrected chi connectivity index (χ4v) is 4.15. The number of nitro groups is 1. The first-order valence-corrected chi connectivity index (χ1v) is 10.9. The highest BCUT2D eigenvalue weighted by atomic mass is 19.1. The van der Waals surface area contributed by atoms with Crippen molar-refractivity contribution in [2.45, 2.75) is 37.6 Å². The molecule has 0 radical (unpaired) electrons. The maximum absolute atomic E-state index is 14.8. The summed E-state index contributed by atoms with van der Waals surface area (Å²) in [6, 6.07) is 9.38. The summed E-state index contributed by atoms with van der Waals surface area (Å²) >= 11 is 0. The molecule has 2 heterocycles. The zero-order valence-corrected chi connectivity index (χ0v) is 18.2. The second-order valence-electron chi connectivity index (χ2n) is 8.26. The highest BCUT2D eigenvalue weighted by Crippen LogP contribution is 2.32. The van der Waals surface area contributed by atoms with Gasteiger partial charge in [-0.05, 0) is 55.0 Å². The molecule has 3 amide bonds. The second kappa shape index (κ2) is 9.86.